The van der Waals surface area contributed by atoms with Crippen LogP contribution in [0.3, 0.4) is 0 Å². The number of aromatic nitrogens is 2. The van der Waals surface area contributed by atoms with Crippen LogP contribution in [0.1, 0.15) is 38.6 Å². The molecule has 180 valence electrons. The summed E-state index contributed by atoms with van der Waals surface area (Å²) >= 11 is 1.36. The van der Waals surface area contributed by atoms with E-state index in [1.807, 2.05) is 33.0 Å². The van der Waals surface area contributed by atoms with Crippen LogP contribution in [0, 0.1) is 19.8 Å². The van der Waals surface area contributed by atoms with Crippen LogP contribution in [0.5, 0.6) is 0 Å². The fraction of sp³-hybridized carbons (Fsp3) is 0.480. The minimum Gasteiger partial charge on any atom is -0.397 e. The van der Waals surface area contributed by atoms with Crippen molar-refractivity contribution in [1.29, 1.82) is 0 Å². The van der Waals surface area contributed by atoms with Gasteiger partial charge in [0.15, 0.2) is 0 Å². The Hall–Kier alpha value is -2.78. The molecular weight excluding hydrogens is 451 g/mol. The number of rotatable bonds is 5. The first-order chi connectivity index (χ1) is 16.4. The lowest BCUT2D eigenvalue weighted by atomic mass is 9.91. The summed E-state index contributed by atoms with van der Waals surface area (Å²) in [7, 11) is 1.89. The first-order valence-electron chi connectivity index (χ1n) is 11.8. The molecule has 3 aromatic rings. The molecule has 0 bridgehead atoms. The number of nitrogens with zero attached hydrogens (tertiary/aromatic N) is 3. The van der Waals surface area contributed by atoms with Gasteiger partial charge in [-0.1, -0.05) is 6.07 Å². The number of nitrogen functional groups attached to an aromatic ring is 1. The number of pyridine rings is 2. The van der Waals surface area contributed by atoms with Crippen molar-refractivity contribution in [2.24, 2.45) is 5.92 Å². The molecule has 34 heavy (non-hydrogen) atoms. The minimum absolute atomic E-state index is 0.00772. The first-order valence-corrected chi connectivity index (χ1v) is 12.6. The molecular formula is C25H31FN6OS. The molecule has 1 amide bonds. The number of carbonyl (C=O) groups is 1. The number of hydrogen-bond acceptors (Lipinski definition) is 7. The maximum Gasteiger partial charge on any atom is 0.263 e. The summed E-state index contributed by atoms with van der Waals surface area (Å²) in [5, 5.41) is 7.28. The highest BCUT2D eigenvalue weighted by Crippen LogP contribution is 2.35. The number of aryl methyl sites for hydroxylation is 3. The number of amides is 1. The molecule has 0 radical (unpaired) electrons. The third-order valence-corrected chi connectivity index (χ3v) is 8.25. The van der Waals surface area contributed by atoms with Crippen LogP contribution in [0.4, 0.5) is 15.9 Å². The van der Waals surface area contributed by atoms with Gasteiger partial charge in [-0.15, -0.1) is 11.3 Å². The second kappa shape index (κ2) is 9.11. The van der Waals surface area contributed by atoms with Crippen molar-refractivity contribution < 1.29 is 9.18 Å². The quantitative estimate of drug-likeness (QED) is 0.517. The molecule has 9 heteroatoms. The number of thiophene rings is 1. The van der Waals surface area contributed by atoms with Gasteiger partial charge >= 0.3 is 0 Å². The summed E-state index contributed by atoms with van der Waals surface area (Å²) < 4.78 is 13.4. The Kier molecular flexibility index (Phi) is 6.16. The molecule has 3 atom stereocenters. The lowest BCUT2D eigenvalue weighted by Crippen LogP contribution is -2.39. The van der Waals surface area contributed by atoms with Crippen molar-refractivity contribution in [2.45, 2.75) is 45.2 Å². The molecule has 7 nitrogen and oxygen atoms in total. The highest BCUT2D eigenvalue weighted by Gasteiger charge is 2.33. The molecule has 4 N–H and O–H groups in total. The summed E-state index contributed by atoms with van der Waals surface area (Å²) in [4.78, 5) is 26.1. The van der Waals surface area contributed by atoms with Crippen LogP contribution >= 0.6 is 11.3 Å². The normalized spacial score (nSPS) is 22.2. The van der Waals surface area contributed by atoms with E-state index in [0.29, 0.717) is 17.1 Å². The summed E-state index contributed by atoms with van der Waals surface area (Å²) in [6.07, 6.45) is 2.36. The molecule has 1 fully saturated rings. The van der Waals surface area contributed by atoms with Crippen LogP contribution in [0.25, 0.3) is 10.2 Å². The topological polar surface area (TPSA) is 96.2 Å². The van der Waals surface area contributed by atoms with Gasteiger partial charge in [-0.3, -0.25) is 9.18 Å². The molecule has 0 aromatic carbocycles. The number of halogens is 1. The predicted octanol–water partition coefficient (Wildman–Crippen LogP) is 3.17. The van der Waals surface area contributed by atoms with E-state index in [1.54, 1.807) is 0 Å². The zero-order chi connectivity index (χ0) is 24.0. The lowest BCUT2D eigenvalue weighted by molar-refractivity contribution is 0.0938. The molecule has 2 aliphatic rings. The number of fused-ring (bicyclic) bond motifs is 2. The zero-order valence-electron chi connectivity index (χ0n) is 19.8. The van der Waals surface area contributed by atoms with E-state index in [4.69, 9.17) is 10.7 Å². The van der Waals surface area contributed by atoms with Crippen LogP contribution in [-0.4, -0.2) is 54.8 Å². The SMILES string of the molecule is CNC1CN(c2ccc3c(n2)CCC(NC(=O)c2sc4nc(C)cc(C)c4c2N)C3)CC1CF. The van der Waals surface area contributed by atoms with Gasteiger partial charge in [0, 0.05) is 47.9 Å². The van der Waals surface area contributed by atoms with Gasteiger partial charge in [-0.25, -0.2) is 9.97 Å². The minimum atomic E-state index is -0.326. The molecule has 1 aliphatic carbocycles. The molecule has 4 heterocycles. The molecule has 1 aliphatic heterocycles. The van der Waals surface area contributed by atoms with E-state index in [0.717, 1.165) is 64.4 Å². The van der Waals surface area contributed by atoms with Crippen LogP contribution < -0.4 is 21.3 Å². The second-order valence-electron chi connectivity index (χ2n) is 9.51. The van der Waals surface area contributed by atoms with Crippen LogP contribution in [-0.2, 0) is 12.8 Å². The Morgan fingerprint density at radius 3 is 2.85 bits per heavy atom. The number of alkyl halides is 1. The van der Waals surface area contributed by atoms with Crippen LogP contribution in [0.15, 0.2) is 18.2 Å². The number of anilines is 2. The third kappa shape index (κ3) is 4.11. The Bertz CT molecular complexity index is 1230. The van der Waals surface area contributed by atoms with E-state index in [2.05, 4.69) is 26.6 Å². The summed E-state index contributed by atoms with van der Waals surface area (Å²) in [6.45, 7) is 5.06. The van der Waals surface area contributed by atoms with Gasteiger partial charge in [0.05, 0.1) is 12.4 Å². The standard InChI is InChI=1S/C25H31FN6OS/c1-13-8-14(2)29-25-21(13)22(27)23(34-25)24(33)30-17-5-6-18-15(9-17)4-7-20(31-18)32-11-16(10-26)19(12-32)28-3/h4,7-8,16-17,19,28H,5-6,9-12,27H2,1-3H3,(H,30,33). The van der Waals surface area contributed by atoms with Crippen molar-refractivity contribution in [1.82, 2.24) is 20.6 Å². The highest BCUT2D eigenvalue weighted by molar-refractivity contribution is 7.21. The molecule has 3 aromatic heterocycles. The van der Waals surface area contributed by atoms with E-state index < -0.39 is 0 Å². The fourth-order valence-corrected chi connectivity index (χ4v) is 6.45. The van der Waals surface area contributed by atoms with Crippen molar-refractivity contribution >= 4 is 39.0 Å². The fourth-order valence-electron chi connectivity index (χ4n) is 5.33. The number of nitrogens with two attached hydrogens (primary N) is 1. The maximum absolute atomic E-state index is 13.4. The monoisotopic (exact) mass is 482 g/mol. The molecule has 5 rings (SSSR count). The summed E-state index contributed by atoms with van der Waals surface area (Å²) in [6, 6.07) is 6.30. The summed E-state index contributed by atoms with van der Waals surface area (Å²) in [5.74, 6) is 0.767. The summed E-state index contributed by atoms with van der Waals surface area (Å²) in [5.41, 5.74) is 11.1. The Labute approximate surface area is 203 Å². The van der Waals surface area contributed by atoms with Crippen molar-refractivity contribution in [3.63, 3.8) is 0 Å². The van der Waals surface area contributed by atoms with Crippen molar-refractivity contribution in [3.05, 3.63) is 45.6 Å². The van der Waals surface area contributed by atoms with Gasteiger partial charge in [-0.2, -0.15) is 0 Å². The van der Waals surface area contributed by atoms with Gasteiger partial charge in [0.25, 0.3) is 5.91 Å². The average Bonchev–Trinajstić information content (AvgIpc) is 3.39. The largest absolute Gasteiger partial charge is 0.397 e. The number of likely N-dealkylation sites (N-methyl/N-ethyl adjacent to an activating group) is 1. The first kappa shape index (κ1) is 23.0. The predicted molar refractivity (Wildman–Crippen MR) is 136 cm³/mol. The zero-order valence-corrected chi connectivity index (χ0v) is 20.6. The molecule has 3 unspecified atom stereocenters. The van der Waals surface area contributed by atoms with Crippen LogP contribution in [0.2, 0.25) is 0 Å². The van der Waals surface area contributed by atoms with Gasteiger partial charge in [0.2, 0.25) is 0 Å². The highest BCUT2D eigenvalue weighted by atomic mass is 32.1. The van der Waals surface area contributed by atoms with Gasteiger partial charge in [0.1, 0.15) is 15.5 Å². The van der Waals surface area contributed by atoms with Gasteiger partial charge < -0.3 is 21.3 Å². The Morgan fingerprint density at radius 1 is 1.29 bits per heavy atom. The molecule has 0 spiro atoms. The van der Waals surface area contributed by atoms with Crippen molar-refractivity contribution in [2.75, 3.05) is 37.4 Å². The Morgan fingerprint density at radius 2 is 2.12 bits per heavy atom. The smallest absolute Gasteiger partial charge is 0.263 e. The van der Waals surface area contributed by atoms with E-state index in [9.17, 15) is 9.18 Å². The molecule has 1 saturated heterocycles. The molecule has 0 saturated carbocycles. The van der Waals surface area contributed by atoms with E-state index in [1.165, 1.54) is 11.3 Å². The van der Waals surface area contributed by atoms with Crippen molar-refractivity contribution in [3.8, 4) is 0 Å². The average molecular weight is 483 g/mol. The maximum atomic E-state index is 13.4. The second-order valence-corrected chi connectivity index (χ2v) is 10.5. The Balaban J connectivity index is 1.28. The lowest BCUT2D eigenvalue weighted by Gasteiger charge is -2.26. The number of nitrogens with one attached hydrogen (secondary N) is 2. The van der Waals surface area contributed by atoms with E-state index >= 15 is 0 Å². The third-order valence-electron chi connectivity index (χ3n) is 7.15. The van der Waals surface area contributed by atoms with Gasteiger partial charge in [-0.05, 0) is 63.4 Å². The number of hydrogen-bond donors (Lipinski definition) is 3. The van der Waals surface area contributed by atoms with E-state index in [-0.39, 0.29) is 30.6 Å². The number of carbonyl (C=O) groups excluding carboxylic acids is 1.